The number of nitrogen functional groups attached to an aromatic ring is 1. The fraction of sp³-hybridized carbons (Fsp3) is 0.227. The van der Waals surface area contributed by atoms with Crippen molar-refractivity contribution in [3.05, 3.63) is 71.0 Å². The van der Waals surface area contributed by atoms with Crippen LogP contribution in [-0.2, 0) is 12.8 Å². The lowest BCUT2D eigenvalue weighted by Gasteiger charge is -2.25. The van der Waals surface area contributed by atoms with Gasteiger partial charge in [-0.1, -0.05) is 42.5 Å². The molecule has 3 N–H and O–H groups in total. The van der Waals surface area contributed by atoms with Gasteiger partial charge in [0.15, 0.2) is 5.78 Å². The number of anilines is 2. The second-order valence-corrected chi connectivity index (χ2v) is 7.22. The van der Waals surface area contributed by atoms with Crippen molar-refractivity contribution in [3.8, 4) is 11.1 Å². The number of carbonyl (C=O) groups excluding carboxylic acids is 1. The first-order valence-electron chi connectivity index (χ1n) is 9.30. The van der Waals surface area contributed by atoms with E-state index in [-0.39, 0.29) is 17.6 Å². The second kappa shape index (κ2) is 6.20. The highest BCUT2D eigenvalue weighted by Gasteiger charge is 2.30. The van der Waals surface area contributed by atoms with Crippen molar-refractivity contribution >= 4 is 17.4 Å². The Morgan fingerprint density at radius 3 is 2.78 bits per heavy atom. The number of para-hydroxylation sites is 1. The van der Waals surface area contributed by atoms with E-state index in [1.54, 1.807) is 6.20 Å². The van der Waals surface area contributed by atoms with Crippen molar-refractivity contribution in [2.45, 2.75) is 25.2 Å². The van der Waals surface area contributed by atoms with Crippen LogP contribution in [0.2, 0.25) is 0 Å². The summed E-state index contributed by atoms with van der Waals surface area (Å²) in [5.41, 5.74) is 13.3. The van der Waals surface area contributed by atoms with Crippen LogP contribution in [0.3, 0.4) is 0 Å². The minimum Gasteiger partial charge on any atom is -0.384 e. The number of nitrogens with two attached hydrogens (primary N) is 1. The highest BCUT2D eigenvalue weighted by molar-refractivity contribution is 5.99. The van der Waals surface area contributed by atoms with Crippen molar-refractivity contribution < 1.29 is 4.79 Å². The first-order valence-corrected chi connectivity index (χ1v) is 9.30. The number of Topliss-reactive ketones (excluding diaryl/α,β-unsaturated/α-hetero) is 1. The molecule has 1 unspecified atom stereocenters. The van der Waals surface area contributed by atoms with Gasteiger partial charge >= 0.3 is 0 Å². The fourth-order valence-electron chi connectivity index (χ4n) is 4.34. The molecule has 0 saturated heterocycles. The summed E-state index contributed by atoms with van der Waals surface area (Å²) in [4.78, 5) is 21.0. The Hall–Kier alpha value is -3.21. The van der Waals surface area contributed by atoms with E-state index < -0.39 is 0 Å². The summed E-state index contributed by atoms with van der Waals surface area (Å²) in [6, 6.07) is 14.9. The van der Waals surface area contributed by atoms with Crippen LogP contribution in [-0.4, -0.2) is 22.3 Å². The first kappa shape index (κ1) is 16.0. The minimum absolute atomic E-state index is 0.0902. The van der Waals surface area contributed by atoms with Crippen molar-refractivity contribution in [1.29, 1.82) is 0 Å². The lowest BCUT2D eigenvalue weighted by atomic mass is 9.79. The molecule has 27 heavy (non-hydrogen) atoms. The number of aromatic nitrogens is 2. The standard InChI is InChI=1S/C22H20N4O/c23-22-25-12-18-19(26-22)10-14(11-20(18)27)15-5-1-2-6-16(15)17-7-3-4-13-8-9-24-21(13)17/h1-7,12,14,24H,8-11H2,(H2,23,25,26). The van der Waals surface area contributed by atoms with E-state index in [1.807, 2.05) is 6.07 Å². The van der Waals surface area contributed by atoms with Crippen LogP contribution in [0.25, 0.3) is 11.1 Å². The molecule has 2 heterocycles. The lowest BCUT2D eigenvalue weighted by Crippen LogP contribution is -2.21. The third-order valence-electron chi connectivity index (χ3n) is 5.60. The Bertz CT molecular complexity index is 1060. The molecule has 0 spiro atoms. The maximum atomic E-state index is 12.7. The summed E-state index contributed by atoms with van der Waals surface area (Å²) < 4.78 is 0. The highest BCUT2D eigenvalue weighted by Crippen LogP contribution is 2.41. The van der Waals surface area contributed by atoms with Crippen LogP contribution in [0.5, 0.6) is 0 Å². The number of carbonyl (C=O) groups is 1. The molecular formula is C22H20N4O. The fourth-order valence-corrected chi connectivity index (χ4v) is 4.34. The van der Waals surface area contributed by atoms with E-state index in [0.717, 1.165) is 18.7 Å². The molecule has 1 atom stereocenters. The normalized spacial score (nSPS) is 17.9. The number of nitrogens with zero attached hydrogens (tertiary/aromatic N) is 2. The van der Waals surface area contributed by atoms with Gasteiger partial charge in [0.25, 0.3) is 0 Å². The molecule has 1 aromatic heterocycles. The average Bonchev–Trinajstić information content (AvgIpc) is 3.16. The van der Waals surface area contributed by atoms with Gasteiger partial charge < -0.3 is 11.1 Å². The zero-order chi connectivity index (χ0) is 18.4. The number of fused-ring (bicyclic) bond motifs is 2. The maximum Gasteiger partial charge on any atom is 0.220 e. The number of hydrogen-bond acceptors (Lipinski definition) is 5. The van der Waals surface area contributed by atoms with E-state index in [1.165, 1.54) is 27.9 Å². The number of ketones is 1. The van der Waals surface area contributed by atoms with Gasteiger partial charge in [-0.05, 0) is 35.4 Å². The van der Waals surface area contributed by atoms with Crippen molar-refractivity contribution in [3.63, 3.8) is 0 Å². The number of rotatable bonds is 2. The molecule has 1 aliphatic carbocycles. The summed E-state index contributed by atoms with van der Waals surface area (Å²) >= 11 is 0. The van der Waals surface area contributed by atoms with Crippen LogP contribution in [0.1, 0.15) is 39.5 Å². The van der Waals surface area contributed by atoms with Gasteiger partial charge in [0.1, 0.15) is 0 Å². The smallest absolute Gasteiger partial charge is 0.220 e. The second-order valence-electron chi connectivity index (χ2n) is 7.22. The SMILES string of the molecule is Nc1ncc2c(n1)CC(c1ccccc1-c1cccc3c1NCC3)CC2=O. The summed E-state index contributed by atoms with van der Waals surface area (Å²) in [5.74, 6) is 0.404. The predicted molar refractivity (Wildman–Crippen MR) is 106 cm³/mol. The van der Waals surface area contributed by atoms with Crippen LogP contribution in [0, 0.1) is 0 Å². The molecule has 134 valence electrons. The minimum atomic E-state index is 0.0902. The first-order chi connectivity index (χ1) is 13.2. The van der Waals surface area contributed by atoms with Crippen molar-refractivity contribution in [2.24, 2.45) is 0 Å². The highest BCUT2D eigenvalue weighted by atomic mass is 16.1. The zero-order valence-electron chi connectivity index (χ0n) is 14.9. The molecule has 0 fully saturated rings. The van der Waals surface area contributed by atoms with Crippen LogP contribution < -0.4 is 11.1 Å². The molecule has 5 rings (SSSR count). The van der Waals surface area contributed by atoms with Crippen LogP contribution in [0.15, 0.2) is 48.7 Å². The Morgan fingerprint density at radius 1 is 1.00 bits per heavy atom. The van der Waals surface area contributed by atoms with Gasteiger partial charge in [-0.25, -0.2) is 9.97 Å². The van der Waals surface area contributed by atoms with E-state index >= 15 is 0 Å². The molecule has 5 nitrogen and oxygen atoms in total. The molecular weight excluding hydrogens is 336 g/mol. The summed E-state index contributed by atoms with van der Waals surface area (Å²) in [6.45, 7) is 0.972. The summed E-state index contributed by atoms with van der Waals surface area (Å²) in [5, 5.41) is 3.53. The average molecular weight is 356 g/mol. The molecule has 2 aromatic carbocycles. The number of benzene rings is 2. The van der Waals surface area contributed by atoms with E-state index in [4.69, 9.17) is 5.73 Å². The van der Waals surface area contributed by atoms with Gasteiger partial charge in [-0.15, -0.1) is 0 Å². The Labute approximate surface area is 157 Å². The third kappa shape index (κ3) is 2.67. The molecule has 3 aromatic rings. The molecule has 0 bridgehead atoms. The summed E-state index contributed by atoms with van der Waals surface area (Å²) in [6.07, 6.45) is 3.79. The maximum absolute atomic E-state index is 12.7. The molecule has 0 saturated carbocycles. The van der Waals surface area contributed by atoms with Crippen molar-refractivity contribution in [1.82, 2.24) is 9.97 Å². The van der Waals surface area contributed by atoms with Crippen molar-refractivity contribution in [2.75, 3.05) is 17.6 Å². The lowest BCUT2D eigenvalue weighted by molar-refractivity contribution is 0.0963. The Kier molecular flexibility index (Phi) is 3.67. The molecule has 2 aliphatic rings. The number of hydrogen-bond donors (Lipinski definition) is 2. The topological polar surface area (TPSA) is 80.9 Å². The van der Waals surface area contributed by atoms with Crippen LogP contribution >= 0.6 is 0 Å². The summed E-state index contributed by atoms with van der Waals surface area (Å²) in [7, 11) is 0. The quantitative estimate of drug-likeness (QED) is 0.733. The molecule has 1 aliphatic heterocycles. The van der Waals surface area contributed by atoms with Gasteiger partial charge in [0.05, 0.1) is 11.3 Å². The van der Waals surface area contributed by atoms with Crippen LogP contribution in [0.4, 0.5) is 11.6 Å². The van der Waals surface area contributed by atoms with Gasteiger partial charge in [-0.2, -0.15) is 0 Å². The van der Waals surface area contributed by atoms with Gasteiger partial charge in [-0.3, -0.25) is 4.79 Å². The monoisotopic (exact) mass is 356 g/mol. The molecule has 0 radical (unpaired) electrons. The zero-order valence-corrected chi connectivity index (χ0v) is 14.9. The van der Waals surface area contributed by atoms with Gasteiger partial charge in [0, 0.05) is 30.4 Å². The van der Waals surface area contributed by atoms with Gasteiger partial charge in [0.2, 0.25) is 5.95 Å². The van der Waals surface area contributed by atoms with E-state index in [0.29, 0.717) is 18.4 Å². The predicted octanol–water partition coefficient (Wildman–Crippen LogP) is 3.61. The third-order valence-corrected chi connectivity index (χ3v) is 5.60. The molecule has 0 amide bonds. The largest absolute Gasteiger partial charge is 0.384 e. The number of nitrogens with one attached hydrogen (secondary N) is 1. The van der Waals surface area contributed by atoms with E-state index in [2.05, 4.69) is 51.7 Å². The Morgan fingerprint density at radius 2 is 1.85 bits per heavy atom. The van der Waals surface area contributed by atoms with E-state index in [9.17, 15) is 4.79 Å². The Balaban J connectivity index is 1.60. The molecule has 5 heteroatoms.